The Balaban J connectivity index is 1.91. The van der Waals surface area contributed by atoms with E-state index in [0.29, 0.717) is 32.4 Å². The lowest BCUT2D eigenvalue weighted by Gasteiger charge is -2.19. The third kappa shape index (κ3) is 2.17. The second-order valence-electron chi connectivity index (χ2n) is 4.67. The van der Waals surface area contributed by atoms with Gasteiger partial charge < -0.3 is 16.0 Å². The topological polar surface area (TPSA) is 90.5 Å². The van der Waals surface area contributed by atoms with E-state index in [9.17, 15) is 14.4 Å². The molecule has 7 nitrogen and oxygen atoms in total. The van der Waals surface area contributed by atoms with Crippen molar-refractivity contribution in [2.45, 2.75) is 24.8 Å². The molecule has 18 heavy (non-hydrogen) atoms. The van der Waals surface area contributed by atoms with Crippen LogP contribution < -0.4 is 16.0 Å². The van der Waals surface area contributed by atoms with Gasteiger partial charge in [0, 0.05) is 26.6 Å². The molecule has 2 fully saturated rings. The van der Waals surface area contributed by atoms with Crippen LogP contribution in [0.5, 0.6) is 0 Å². The average Bonchev–Trinajstić information content (AvgIpc) is 2.90. The first-order valence-corrected chi connectivity index (χ1v) is 6.14. The summed E-state index contributed by atoms with van der Waals surface area (Å²) in [5, 5.41) is 8.35. The molecule has 4 amide bonds. The normalized spacial score (nSPS) is 26.8. The number of hydrogen-bond acceptors (Lipinski definition) is 4. The Hall–Kier alpha value is -1.63. The number of amides is 4. The second kappa shape index (κ2) is 4.93. The monoisotopic (exact) mass is 254 g/mol. The molecule has 0 aliphatic carbocycles. The molecule has 3 N–H and O–H groups in total. The molecule has 0 radical (unpaired) electrons. The fourth-order valence-electron chi connectivity index (χ4n) is 2.38. The fourth-order valence-corrected chi connectivity index (χ4v) is 2.38. The summed E-state index contributed by atoms with van der Waals surface area (Å²) in [4.78, 5) is 36.2. The molecular weight excluding hydrogens is 236 g/mol. The molecular formula is C11H18N4O3. The zero-order valence-corrected chi connectivity index (χ0v) is 10.4. The minimum Gasteiger partial charge on any atom is -0.359 e. The molecule has 0 bridgehead atoms. The van der Waals surface area contributed by atoms with Crippen LogP contribution in [-0.4, -0.2) is 55.0 Å². The zero-order chi connectivity index (χ0) is 13.2. The van der Waals surface area contributed by atoms with E-state index in [0.717, 1.165) is 6.54 Å². The summed E-state index contributed by atoms with van der Waals surface area (Å²) in [5.74, 6) is -0.256. The van der Waals surface area contributed by atoms with Crippen LogP contribution in [0.2, 0.25) is 0 Å². The van der Waals surface area contributed by atoms with Gasteiger partial charge in [0.15, 0.2) is 0 Å². The van der Waals surface area contributed by atoms with Crippen LogP contribution in [0.25, 0.3) is 0 Å². The van der Waals surface area contributed by atoms with Gasteiger partial charge in [-0.1, -0.05) is 0 Å². The molecule has 1 unspecified atom stereocenters. The van der Waals surface area contributed by atoms with Gasteiger partial charge >= 0.3 is 6.03 Å². The van der Waals surface area contributed by atoms with E-state index in [-0.39, 0.29) is 17.8 Å². The van der Waals surface area contributed by atoms with Gasteiger partial charge in [-0.15, -0.1) is 0 Å². The van der Waals surface area contributed by atoms with Crippen molar-refractivity contribution in [1.29, 1.82) is 0 Å². The van der Waals surface area contributed by atoms with Gasteiger partial charge in [-0.05, 0) is 19.4 Å². The molecule has 0 aromatic carbocycles. The molecule has 0 aromatic heterocycles. The van der Waals surface area contributed by atoms with Crippen molar-refractivity contribution in [2.24, 2.45) is 0 Å². The lowest BCUT2D eigenvalue weighted by molar-refractivity contribution is -0.131. The fraction of sp³-hybridized carbons (Fsp3) is 0.727. The number of imide groups is 1. The van der Waals surface area contributed by atoms with E-state index < -0.39 is 5.54 Å². The maximum Gasteiger partial charge on any atom is 0.325 e. The van der Waals surface area contributed by atoms with Crippen molar-refractivity contribution in [2.75, 3.05) is 26.7 Å². The largest absolute Gasteiger partial charge is 0.359 e. The summed E-state index contributed by atoms with van der Waals surface area (Å²) in [6.45, 7) is 1.52. The Bertz CT molecular complexity index is 376. The summed E-state index contributed by atoms with van der Waals surface area (Å²) in [5.41, 5.74) is -0.746. The number of carbonyl (C=O) groups is 3. The number of nitrogens with one attached hydrogen (secondary N) is 3. The van der Waals surface area contributed by atoms with Gasteiger partial charge in [0.1, 0.15) is 5.54 Å². The lowest BCUT2D eigenvalue weighted by Crippen LogP contribution is -2.48. The number of hydrogen-bond donors (Lipinski definition) is 3. The van der Waals surface area contributed by atoms with E-state index in [2.05, 4.69) is 16.0 Å². The van der Waals surface area contributed by atoms with Crippen LogP contribution in [0, 0.1) is 0 Å². The van der Waals surface area contributed by atoms with Crippen LogP contribution in [0.15, 0.2) is 0 Å². The van der Waals surface area contributed by atoms with E-state index >= 15 is 0 Å². The molecule has 2 aliphatic heterocycles. The summed E-state index contributed by atoms with van der Waals surface area (Å²) in [7, 11) is 1.56. The summed E-state index contributed by atoms with van der Waals surface area (Å²) >= 11 is 0. The minimum absolute atomic E-state index is 0.0840. The standard InChI is InChI=1S/C11H18N4O3/c1-12-8(16)3-2-6-15-9(17)11(14-10(15)18)4-5-13-7-11/h13H,2-7H2,1H3,(H,12,16)(H,14,18). The molecule has 2 rings (SSSR count). The molecule has 1 spiro atoms. The van der Waals surface area contributed by atoms with Crippen LogP contribution in [0.4, 0.5) is 4.79 Å². The maximum atomic E-state index is 12.2. The highest BCUT2D eigenvalue weighted by atomic mass is 16.2. The molecule has 1 atom stereocenters. The number of carbonyl (C=O) groups excluding carboxylic acids is 3. The molecule has 100 valence electrons. The molecule has 2 heterocycles. The van der Waals surface area contributed by atoms with Gasteiger partial charge in [0.05, 0.1) is 0 Å². The quantitative estimate of drug-likeness (QED) is 0.549. The Morgan fingerprint density at radius 1 is 1.50 bits per heavy atom. The zero-order valence-electron chi connectivity index (χ0n) is 10.4. The third-order valence-corrected chi connectivity index (χ3v) is 3.47. The minimum atomic E-state index is -0.746. The predicted molar refractivity (Wildman–Crippen MR) is 63.8 cm³/mol. The van der Waals surface area contributed by atoms with Crippen molar-refractivity contribution < 1.29 is 14.4 Å². The van der Waals surface area contributed by atoms with Crippen LogP contribution in [0.1, 0.15) is 19.3 Å². The van der Waals surface area contributed by atoms with Crippen molar-refractivity contribution in [1.82, 2.24) is 20.9 Å². The first kappa shape index (κ1) is 12.8. The van der Waals surface area contributed by atoms with Gasteiger partial charge in [-0.2, -0.15) is 0 Å². The van der Waals surface area contributed by atoms with Crippen LogP contribution in [-0.2, 0) is 9.59 Å². The highest BCUT2D eigenvalue weighted by Gasteiger charge is 2.52. The van der Waals surface area contributed by atoms with Crippen LogP contribution >= 0.6 is 0 Å². The van der Waals surface area contributed by atoms with E-state index in [1.807, 2.05) is 0 Å². The molecule has 0 saturated carbocycles. The Morgan fingerprint density at radius 3 is 2.89 bits per heavy atom. The number of rotatable bonds is 4. The second-order valence-corrected chi connectivity index (χ2v) is 4.67. The SMILES string of the molecule is CNC(=O)CCCN1C(=O)NC2(CCNC2)C1=O. The predicted octanol–water partition coefficient (Wildman–Crippen LogP) is -1.20. The molecule has 0 aromatic rings. The van der Waals surface area contributed by atoms with Gasteiger partial charge in [0.25, 0.3) is 5.91 Å². The molecule has 2 saturated heterocycles. The number of urea groups is 1. The van der Waals surface area contributed by atoms with Gasteiger partial charge in [0.2, 0.25) is 5.91 Å². The van der Waals surface area contributed by atoms with Gasteiger partial charge in [-0.3, -0.25) is 14.5 Å². The first-order chi connectivity index (χ1) is 8.59. The smallest absolute Gasteiger partial charge is 0.325 e. The molecule has 2 aliphatic rings. The van der Waals surface area contributed by atoms with E-state index in [4.69, 9.17) is 0 Å². The Kier molecular flexibility index (Phi) is 3.51. The number of nitrogens with zero attached hydrogens (tertiary/aromatic N) is 1. The van der Waals surface area contributed by atoms with E-state index in [1.54, 1.807) is 7.05 Å². The van der Waals surface area contributed by atoms with Crippen molar-refractivity contribution in [3.8, 4) is 0 Å². The Labute approximate surface area is 105 Å². The lowest BCUT2D eigenvalue weighted by atomic mass is 9.99. The third-order valence-electron chi connectivity index (χ3n) is 3.47. The van der Waals surface area contributed by atoms with Crippen molar-refractivity contribution >= 4 is 17.8 Å². The highest BCUT2D eigenvalue weighted by Crippen LogP contribution is 2.24. The van der Waals surface area contributed by atoms with Crippen molar-refractivity contribution in [3.63, 3.8) is 0 Å². The van der Waals surface area contributed by atoms with Crippen LogP contribution in [0.3, 0.4) is 0 Å². The van der Waals surface area contributed by atoms with Crippen molar-refractivity contribution in [3.05, 3.63) is 0 Å². The summed E-state index contributed by atoms with van der Waals surface area (Å²) < 4.78 is 0. The van der Waals surface area contributed by atoms with E-state index in [1.165, 1.54) is 4.90 Å². The maximum absolute atomic E-state index is 12.2. The highest BCUT2D eigenvalue weighted by molar-refractivity contribution is 6.07. The summed E-state index contributed by atoms with van der Waals surface area (Å²) in [6, 6.07) is -0.347. The Morgan fingerprint density at radius 2 is 2.28 bits per heavy atom. The first-order valence-electron chi connectivity index (χ1n) is 6.14. The van der Waals surface area contributed by atoms with Gasteiger partial charge in [-0.25, -0.2) is 4.79 Å². The molecule has 7 heteroatoms. The summed E-state index contributed by atoms with van der Waals surface area (Å²) in [6.07, 6.45) is 1.44. The average molecular weight is 254 g/mol.